The Hall–Kier alpha value is -2.67. The van der Waals surface area contributed by atoms with Crippen molar-refractivity contribution >= 4 is 17.6 Å². The van der Waals surface area contributed by atoms with Crippen LogP contribution >= 0.6 is 0 Å². The van der Waals surface area contributed by atoms with Crippen LogP contribution in [0.3, 0.4) is 0 Å². The van der Waals surface area contributed by atoms with Gasteiger partial charge in [0.15, 0.2) is 0 Å². The van der Waals surface area contributed by atoms with Crippen molar-refractivity contribution in [1.29, 1.82) is 0 Å². The fraction of sp³-hybridized carbons (Fsp3) is 0.560. The first-order valence-electron chi connectivity index (χ1n) is 12.0. The minimum atomic E-state index is -0.0369. The van der Waals surface area contributed by atoms with Crippen molar-refractivity contribution < 1.29 is 9.59 Å². The summed E-state index contributed by atoms with van der Waals surface area (Å²) in [7, 11) is 0. The van der Waals surface area contributed by atoms with Crippen molar-refractivity contribution in [3.8, 4) is 5.69 Å². The number of likely N-dealkylation sites (tertiary alicyclic amines) is 1. The molecule has 0 atom stereocenters. The predicted molar refractivity (Wildman–Crippen MR) is 126 cm³/mol. The SMILES string of the molecule is CC(C)NC(=O)C1CCN(CC(=O)Nc2cc(C3CCCC3)nn2-c2ccccc2)CC1. The van der Waals surface area contributed by atoms with Gasteiger partial charge in [0.05, 0.1) is 17.9 Å². The zero-order valence-electron chi connectivity index (χ0n) is 19.2. The van der Waals surface area contributed by atoms with Crippen molar-refractivity contribution in [2.24, 2.45) is 5.92 Å². The van der Waals surface area contributed by atoms with E-state index in [1.165, 1.54) is 25.7 Å². The summed E-state index contributed by atoms with van der Waals surface area (Å²) >= 11 is 0. The molecule has 1 aromatic carbocycles. The Bertz CT molecular complexity index is 910. The van der Waals surface area contributed by atoms with Gasteiger partial charge in [-0.25, -0.2) is 4.68 Å². The second-order valence-electron chi connectivity index (χ2n) is 9.45. The lowest BCUT2D eigenvalue weighted by atomic mass is 9.95. The summed E-state index contributed by atoms with van der Waals surface area (Å²) in [6.07, 6.45) is 6.40. The molecule has 2 N–H and O–H groups in total. The summed E-state index contributed by atoms with van der Waals surface area (Å²) in [4.78, 5) is 27.3. The number of carbonyl (C=O) groups is 2. The van der Waals surface area contributed by atoms with E-state index in [4.69, 9.17) is 5.10 Å². The van der Waals surface area contributed by atoms with Crippen molar-refractivity contribution in [3.63, 3.8) is 0 Å². The van der Waals surface area contributed by atoms with Crippen LogP contribution in [-0.2, 0) is 9.59 Å². The standard InChI is InChI=1S/C25H35N5O2/c1-18(2)26-25(32)20-12-14-29(15-13-20)17-24(31)27-23-16-22(19-8-6-7-9-19)28-30(23)21-10-4-3-5-11-21/h3-5,10-11,16,18-20H,6-9,12-15,17H2,1-2H3,(H,26,32)(H,27,31). The molecule has 2 amide bonds. The van der Waals surface area contributed by atoms with Crippen LogP contribution in [0.25, 0.3) is 5.69 Å². The fourth-order valence-electron chi connectivity index (χ4n) is 4.82. The normalized spacial score (nSPS) is 18.2. The molecule has 1 aliphatic carbocycles. The molecule has 2 aliphatic rings. The largest absolute Gasteiger partial charge is 0.354 e. The van der Waals surface area contributed by atoms with Crippen LogP contribution in [-0.4, -0.2) is 52.2 Å². The zero-order valence-corrected chi connectivity index (χ0v) is 19.2. The number of rotatable bonds is 7. The Labute approximate surface area is 190 Å². The van der Waals surface area contributed by atoms with E-state index in [-0.39, 0.29) is 23.8 Å². The van der Waals surface area contributed by atoms with Crippen LogP contribution in [0.1, 0.15) is 64.0 Å². The van der Waals surface area contributed by atoms with Crippen LogP contribution in [0.5, 0.6) is 0 Å². The van der Waals surface area contributed by atoms with E-state index in [2.05, 4.69) is 15.5 Å². The Morgan fingerprint density at radius 1 is 1.06 bits per heavy atom. The second kappa shape index (κ2) is 10.3. The number of hydrogen-bond acceptors (Lipinski definition) is 4. The van der Waals surface area contributed by atoms with Gasteiger partial charge in [0.2, 0.25) is 11.8 Å². The molecule has 1 aliphatic heterocycles. The number of aromatic nitrogens is 2. The Kier molecular flexibility index (Phi) is 7.25. The lowest BCUT2D eigenvalue weighted by molar-refractivity contribution is -0.127. The molecule has 0 radical (unpaired) electrons. The smallest absolute Gasteiger partial charge is 0.239 e. The average molecular weight is 438 g/mol. The number of benzene rings is 1. The number of amides is 2. The molecular formula is C25H35N5O2. The molecule has 2 aromatic rings. The molecule has 4 rings (SSSR count). The first-order valence-corrected chi connectivity index (χ1v) is 12.0. The highest BCUT2D eigenvalue weighted by Gasteiger charge is 2.27. The molecule has 7 heteroatoms. The summed E-state index contributed by atoms with van der Waals surface area (Å²) in [5.41, 5.74) is 2.02. The zero-order chi connectivity index (χ0) is 22.5. The van der Waals surface area contributed by atoms with Gasteiger partial charge in [-0.05, 0) is 64.8 Å². The van der Waals surface area contributed by atoms with Gasteiger partial charge in [0.25, 0.3) is 0 Å². The number of anilines is 1. The number of piperidine rings is 1. The van der Waals surface area contributed by atoms with E-state index in [1.807, 2.05) is 54.9 Å². The lowest BCUT2D eigenvalue weighted by Gasteiger charge is -2.31. The highest BCUT2D eigenvalue weighted by molar-refractivity contribution is 5.91. The van der Waals surface area contributed by atoms with Crippen molar-refractivity contribution in [2.45, 2.75) is 64.3 Å². The summed E-state index contributed by atoms with van der Waals surface area (Å²) in [5.74, 6) is 1.35. The third-order valence-corrected chi connectivity index (χ3v) is 6.53. The van der Waals surface area contributed by atoms with E-state index < -0.39 is 0 Å². The fourth-order valence-corrected chi connectivity index (χ4v) is 4.82. The Balaban J connectivity index is 1.38. The van der Waals surface area contributed by atoms with Crippen molar-refractivity contribution in [2.75, 3.05) is 25.0 Å². The predicted octanol–water partition coefficient (Wildman–Crippen LogP) is 3.71. The van der Waals surface area contributed by atoms with E-state index in [0.29, 0.717) is 12.5 Å². The summed E-state index contributed by atoms with van der Waals surface area (Å²) in [6, 6.07) is 12.2. The van der Waals surface area contributed by atoms with Gasteiger partial charge >= 0.3 is 0 Å². The molecule has 0 spiro atoms. The van der Waals surface area contributed by atoms with Gasteiger partial charge in [-0.15, -0.1) is 0 Å². The Morgan fingerprint density at radius 2 is 1.75 bits per heavy atom. The minimum absolute atomic E-state index is 0.0369. The third-order valence-electron chi connectivity index (χ3n) is 6.53. The molecule has 1 aromatic heterocycles. The van der Waals surface area contributed by atoms with Crippen molar-refractivity contribution in [1.82, 2.24) is 20.0 Å². The second-order valence-corrected chi connectivity index (χ2v) is 9.45. The molecular weight excluding hydrogens is 402 g/mol. The number of carbonyl (C=O) groups excluding carboxylic acids is 2. The molecule has 0 unspecified atom stereocenters. The van der Waals surface area contributed by atoms with Crippen LogP contribution in [0.4, 0.5) is 5.82 Å². The number of hydrogen-bond donors (Lipinski definition) is 2. The van der Waals surface area contributed by atoms with Gasteiger partial charge in [0.1, 0.15) is 5.82 Å². The molecule has 2 heterocycles. The van der Waals surface area contributed by atoms with Gasteiger partial charge in [-0.3, -0.25) is 14.5 Å². The molecule has 1 saturated carbocycles. The molecule has 32 heavy (non-hydrogen) atoms. The average Bonchev–Trinajstić information content (AvgIpc) is 3.44. The van der Waals surface area contributed by atoms with Crippen LogP contribution in [0.15, 0.2) is 36.4 Å². The van der Waals surface area contributed by atoms with Crippen LogP contribution in [0, 0.1) is 5.92 Å². The number of para-hydroxylation sites is 1. The summed E-state index contributed by atoms with van der Waals surface area (Å²) in [6.45, 7) is 5.81. The third kappa shape index (κ3) is 5.57. The topological polar surface area (TPSA) is 79.3 Å². The Morgan fingerprint density at radius 3 is 2.41 bits per heavy atom. The maximum Gasteiger partial charge on any atom is 0.239 e. The van der Waals surface area contributed by atoms with Crippen molar-refractivity contribution in [3.05, 3.63) is 42.1 Å². The number of nitrogens with zero attached hydrogens (tertiary/aromatic N) is 3. The highest BCUT2D eigenvalue weighted by atomic mass is 16.2. The maximum atomic E-state index is 12.9. The maximum absolute atomic E-state index is 12.9. The van der Waals surface area contributed by atoms with E-state index in [1.54, 1.807) is 0 Å². The molecule has 7 nitrogen and oxygen atoms in total. The molecule has 172 valence electrons. The first-order chi connectivity index (χ1) is 15.5. The lowest BCUT2D eigenvalue weighted by Crippen LogP contribution is -2.44. The summed E-state index contributed by atoms with van der Waals surface area (Å²) in [5, 5.41) is 11.0. The van der Waals surface area contributed by atoms with E-state index in [9.17, 15) is 9.59 Å². The molecule has 2 fully saturated rings. The highest BCUT2D eigenvalue weighted by Crippen LogP contribution is 2.35. The molecule has 1 saturated heterocycles. The van der Waals surface area contributed by atoms with Crippen LogP contribution < -0.4 is 10.6 Å². The summed E-state index contributed by atoms with van der Waals surface area (Å²) < 4.78 is 1.86. The van der Waals surface area contributed by atoms with Gasteiger partial charge < -0.3 is 10.6 Å². The van der Waals surface area contributed by atoms with Gasteiger partial charge in [-0.1, -0.05) is 31.0 Å². The van der Waals surface area contributed by atoms with E-state index >= 15 is 0 Å². The molecule has 0 bridgehead atoms. The van der Waals surface area contributed by atoms with Crippen LogP contribution in [0.2, 0.25) is 0 Å². The minimum Gasteiger partial charge on any atom is -0.354 e. The quantitative estimate of drug-likeness (QED) is 0.692. The first kappa shape index (κ1) is 22.5. The van der Waals surface area contributed by atoms with Gasteiger partial charge in [-0.2, -0.15) is 5.10 Å². The van der Waals surface area contributed by atoms with E-state index in [0.717, 1.165) is 43.1 Å². The monoisotopic (exact) mass is 437 g/mol. The number of nitrogens with one attached hydrogen (secondary N) is 2. The van der Waals surface area contributed by atoms with Gasteiger partial charge in [0, 0.05) is 23.9 Å².